The first-order valence-electron chi connectivity index (χ1n) is 14.2. The van der Waals surface area contributed by atoms with E-state index in [0.29, 0.717) is 17.7 Å². The summed E-state index contributed by atoms with van der Waals surface area (Å²) >= 11 is 0. The van der Waals surface area contributed by atoms with Crippen molar-refractivity contribution >= 4 is 0 Å². The molecule has 1 nitrogen and oxygen atoms in total. The zero-order valence-corrected chi connectivity index (χ0v) is 23.9. The topological polar surface area (TPSA) is 9.23 Å². The van der Waals surface area contributed by atoms with Gasteiger partial charge in [0.1, 0.15) is 23.2 Å². The summed E-state index contributed by atoms with van der Waals surface area (Å²) in [5, 5.41) is 0. The Kier molecular flexibility index (Phi) is 9.27. The van der Waals surface area contributed by atoms with Crippen LogP contribution in [0.4, 0.5) is 35.1 Å². The first-order chi connectivity index (χ1) is 21.5. The lowest BCUT2D eigenvalue weighted by Crippen LogP contribution is -2.23. The first-order valence-corrected chi connectivity index (χ1v) is 14.2. The fourth-order valence-electron chi connectivity index (χ4n) is 5.00. The van der Waals surface area contributed by atoms with Gasteiger partial charge in [-0.05, 0) is 64.9 Å². The molecule has 0 fully saturated rings. The monoisotopic (exact) mass is 626 g/mol. The van der Waals surface area contributed by atoms with Crippen LogP contribution in [-0.2, 0) is 12.5 Å². The molecule has 0 aliphatic rings. The number of rotatable bonds is 10. The van der Waals surface area contributed by atoms with Crippen LogP contribution >= 0.6 is 0 Å². The van der Waals surface area contributed by atoms with Crippen molar-refractivity contribution < 1.29 is 39.9 Å². The number of hydrogen-bond acceptors (Lipinski definition) is 1. The molecule has 5 aromatic carbocycles. The summed E-state index contributed by atoms with van der Waals surface area (Å²) < 4.78 is 119. The third-order valence-electron chi connectivity index (χ3n) is 7.40. The van der Waals surface area contributed by atoms with Gasteiger partial charge in [-0.25, -0.2) is 26.3 Å². The smallest absolute Gasteiger partial charge is 0.429 e. The van der Waals surface area contributed by atoms with Gasteiger partial charge in [0.25, 0.3) is 0 Å². The summed E-state index contributed by atoms with van der Waals surface area (Å²) in [6.07, 6.45) is -0.0479. The summed E-state index contributed by atoms with van der Waals surface area (Å²) in [6.45, 7) is 2.14. The summed E-state index contributed by atoms with van der Waals surface area (Å²) in [5.74, 6) is -9.43. The molecule has 0 spiro atoms. The quantitative estimate of drug-likeness (QED) is 0.0852. The van der Waals surface area contributed by atoms with Crippen molar-refractivity contribution in [2.24, 2.45) is 0 Å². The first kappa shape index (κ1) is 31.8. The molecule has 0 aliphatic carbocycles. The van der Waals surface area contributed by atoms with Crippen molar-refractivity contribution in [3.8, 4) is 39.1 Å². The molecule has 232 valence electrons. The minimum absolute atomic E-state index is 0.107. The van der Waals surface area contributed by atoms with E-state index in [-0.39, 0.29) is 34.4 Å². The van der Waals surface area contributed by atoms with Crippen LogP contribution in [-0.4, -0.2) is 0 Å². The number of hydrogen-bond donors (Lipinski definition) is 0. The average Bonchev–Trinajstić information content (AvgIpc) is 3.00. The Morgan fingerprint density at radius 1 is 0.533 bits per heavy atom. The van der Waals surface area contributed by atoms with E-state index in [1.165, 1.54) is 29.8 Å². The molecule has 9 heteroatoms. The van der Waals surface area contributed by atoms with Crippen LogP contribution in [0, 0.1) is 34.9 Å². The molecule has 0 N–H and O–H groups in total. The molecule has 5 aromatic rings. The Balaban J connectivity index is 1.34. The van der Waals surface area contributed by atoms with E-state index < -0.39 is 52.3 Å². The van der Waals surface area contributed by atoms with Crippen LogP contribution in [0.2, 0.25) is 0 Å². The van der Waals surface area contributed by atoms with Gasteiger partial charge in [0.2, 0.25) is 0 Å². The minimum atomic E-state index is -4.41. The largest absolute Gasteiger partial charge is 0.429 e. The van der Waals surface area contributed by atoms with E-state index in [9.17, 15) is 26.3 Å². The van der Waals surface area contributed by atoms with Crippen LogP contribution in [0.3, 0.4) is 0 Å². The second-order valence-electron chi connectivity index (χ2n) is 10.6. The molecular formula is C36H26F8O. The minimum Gasteiger partial charge on any atom is -0.429 e. The maximum atomic E-state index is 15.2. The highest BCUT2D eigenvalue weighted by Gasteiger charge is 2.38. The molecule has 0 radical (unpaired) electrons. The van der Waals surface area contributed by atoms with E-state index in [4.69, 9.17) is 0 Å². The lowest BCUT2D eigenvalue weighted by Gasteiger charge is -2.19. The Hall–Kier alpha value is -4.66. The van der Waals surface area contributed by atoms with E-state index in [0.717, 1.165) is 43.4 Å². The number of aryl methyl sites for hydroxylation is 1. The molecule has 0 bridgehead atoms. The zero-order chi connectivity index (χ0) is 32.3. The molecule has 45 heavy (non-hydrogen) atoms. The Labute approximate surface area is 254 Å². The van der Waals surface area contributed by atoms with Crippen molar-refractivity contribution in [3.05, 3.63) is 137 Å². The van der Waals surface area contributed by atoms with Crippen LogP contribution in [0.1, 0.15) is 37.3 Å². The van der Waals surface area contributed by atoms with Gasteiger partial charge in [-0.15, -0.1) is 0 Å². The van der Waals surface area contributed by atoms with Gasteiger partial charge in [0.15, 0.2) is 17.5 Å². The summed E-state index contributed by atoms with van der Waals surface area (Å²) in [6, 6.07) is 18.9. The maximum absolute atomic E-state index is 15.2. The molecule has 5 rings (SSSR count). The average molecular weight is 627 g/mol. The summed E-state index contributed by atoms with van der Waals surface area (Å²) in [5.41, 5.74) is 1.47. The molecule has 0 saturated carbocycles. The predicted molar refractivity (Wildman–Crippen MR) is 157 cm³/mol. The van der Waals surface area contributed by atoms with E-state index in [1.54, 1.807) is 6.07 Å². The normalized spacial score (nSPS) is 11.6. The van der Waals surface area contributed by atoms with Gasteiger partial charge < -0.3 is 4.74 Å². The second-order valence-corrected chi connectivity index (χ2v) is 10.6. The lowest BCUT2D eigenvalue weighted by atomic mass is 9.96. The highest BCUT2D eigenvalue weighted by Crippen LogP contribution is 2.37. The number of unbranched alkanes of at least 4 members (excludes halogenated alkanes) is 2. The van der Waals surface area contributed by atoms with Gasteiger partial charge in [-0.1, -0.05) is 74.4 Å². The lowest BCUT2D eigenvalue weighted by molar-refractivity contribution is -0.187. The van der Waals surface area contributed by atoms with E-state index in [1.807, 2.05) is 24.3 Å². The Morgan fingerprint density at radius 2 is 1.04 bits per heavy atom. The Bertz CT molecular complexity index is 1810. The number of ether oxygens (including phenoxy) is 1. The molecule has 0 amide bonds. The van der Waals surface area contributed by atoms with Gasteiger partial charge in [-0.2, -0.15) is 8.78 Å². The molecule has 0 saturated heterocycles. The molecule has 0 aromatic heterocycles. The van der Waals surface area contributed by atoms with Gasteiger partial charge >= 0.3 is 6.11 Å². The number of alkyl halides is 2. The van der Waals surface area contributed by atoms with Gasteiger partial charge in [-0.3, -0.25) is 0 Å². The molecule has 0 atom stereocenters. The Morgan fingerprint density at radius 3 is 1.60 bits per heavy atom. The van der Waals surface area contributed by atoms with Crippen LogP contribution in [0.5, 0.6) is 5.75 Å². The number of halogens is 8. The second kappa shape index (κ2) is 13.1. The van der Waals surface area contributed by atoms with Crippen molar-refractivity contribution in [2.75, 3.05) is 0 Å². The molecule has 0 heterocycles. The third kappa shape index (κ3) is 7.03. The zero-order valence-electron chi connectivity index (χ0n) is 23.9. The maximum Gasteiger partial charge on any atom is 0.429 e. The molecule has 0 unspecified atom stereocenters. The molecule has 0 aliphatic heterocycles. The van der Waals surface area contributed by atoms with Crippen molar-refractivity contribution in [1.82, 2.24) is 0 Å². The van der Waals surface area contributed by atoms with Crippen LogP contribution in [0.25, 0.3) is 33.4 Å². The summed E-state index contributed by atoms with van der Waals surface area (Å²) in [4.78, 5) is 0. The summed E-state index contributed by atoms with van der Waals surface area (Å²) in [7, 11) is 0. The number of benzene rings is 5. The fourth-order valence-corrected chi connectivity index (χ4v) is 5.00. The molecular weight excluding hydrogens is 600 g/mol. The third-order valence-corrected chi connectivity index (χ3v) is 7.40. The predicted octanol–water partition coefficient (Wildman–Crippen LogP) is 11.4. The van der Waals surface area contributed by atoms with Crippen molar-refractivity contribution in [1.29, 1.82) is 0 Å². The van der Waals surface area contributed by atoms with Crippen molar-refractivity contribution in [2.45, 2.75) is 38.7 Å². The standard InChI is InChI=1S/C36H26F8O/c1-2-3-4-5-21-6-8-22(9-7-21)23-10-13-27(30(37)16-23)24-11-14-28(31(38)17-24)25-12-15-29(32(39)18-25)36(43,44)45-26-19-33(40)35(42)34(41)20-26/h6-20H,2-5H2,1H3. The van der Waals surface area contributed by atoms with Gasteiger partial charge in [0.05, 0.1) is 5.56 Å². The van der Waals surface area contributed by atoms with Crippen LogP contribution in [0.15, 0.2) is 91.0 Å². The van der Waals surface area contributed by atoms with Crippen LogP contribution < -0.4 is 4.74 Å². The van der Waals surface area contributed by atoms with Gasteiger partial charge in [0, 0.05) is 23.3 Å². The van der Waals surface area contributed by atoms with E-state index in [2.05, 4.69) is 11.7 Å². The fraction of sp³-hybridized carbons (Fsp3) is 0.167. The SMILES string of the molecule is CCCCCc1ccc(-c2ccc(-c3ccc(-c4ccc(C(F)(F)Oc5cc(F)c(F)c(F)c5)c(F)c4)c(F)c3)c(F)c2)cc1. The van der Waals surface area contributed by atoms with Crippen molar-refractivity contribution in [3.63, 3.8) is 0 Å². The highest BCUT2D eigenvalue weighted by atomic mass is 19.3. The van der Waals surface area contributed by atoms with E-state index >= 15 is 8.78 Å². The highest BCUT2D eigenvalue weighted by molar-refractivity contribution is 5.74.